The number of halogens is 1. The Morgan fingerprint density at radius 1 is 1.09 bits per heavy atom. The minimum atomic E-state index is 0. The smallest absolute Gasteiger partial charge is 0.191 e. The van der Waals surface area contributed by atoms with Crippen molar-refractivity contribution in [3.05, 3.63) is 83.4 Å². The van der Waals surface area contributed by atoms with Crippen LogP contribution < -0.4 is 15.4 Å². The van der Waals surface area contributed by atoms with Gasteiger partial charge in [-0.25, -0.2) is 9.98 Å². The number of nitrogens with zero attached hydrogens (tertiary/aromatic N) is 3. The highest BCUT2D eigenvalue weighted by molar-refractivity contribution is 14.0. The lowest BCUT2D eigenvalue weighted by Gasteiger charge is -2.15. The molecule has 0 aliphatic carbocycles. The summed E-state index contributed by atoms with van der Waals surface area (Å²) in [4.78, 5) is 8.90. The molecule has 0 radical (unpaired) electrons. The number of aliphatic imine (C=N–C) groups is 1. The van der Waals surface area contributed by atoms with E-state index in [2.05, 4.69) is 76.5 Å². The third kappa shape index (κ3) is 9.34. The summed E-state index contributed by atoms with van der Waals surface area (Å²) < 4.78 is 13.2. The van der Waals surface area contributed by atoms with E-state index in [1.165, 1.54) is 16.7 Å². The minimum Gasteiger partial charge on any atom is -0.493 e. The van der Waals surface area contributed by atoms with Crippen LogP contribution in [-0.2, 0) is 24.4 Å². The molecule has 0 spiro atoms. The lowest BCUT2D eigenvalue weighted by molar-refractivity contribution is 0.171. The van der Waals surface area contributed by atoms with Crippen molar-refractivity contribution >= 4 is 29.9 Å². The molecule has 0 atom stereocenters. The summed E-state index contributed by atoms with van der Waals surface area (Å²) in [7, 11) is 1.71. The first kappa shape index (κ1) is 27.7. The molecule has 0 fully saturated rings. The SMILES string of the molecule is CCNC(=NCc1cccc(Cn2ccnc2)c1)NCc1ccc(C)cc1OCCCOC.I. The molecule has 2 N–H and O–H groups in total. The number of hydrogen-bond donors (Lipinski definition) is 2. The van der Waals surface area contributed by atoms with Gasteiger partial charge in [-0.15, -0.1) is 24.0 Å². The van der Waals surface area contributed by atoms with E-state index < -0.39 is 0 Å². The molecule has 3 rings (SSSR count). The van der Waals surface area contributed by atoms with Gasteiger partial charge in [0.1, 0.15) is 5.75 Å². The second-order valence-electron chi connectivity index (χ2n) is 7.91. The number of hydrogen-bond acceptors (Lipinski definition) is 4. The molecule has 1 aromatic heterocycles. The van der Waals surface area contributed by atoms with Crippen LogP contribution in [0.5, 0.6) is 5.75 Å². The number of ether oxygens (including phenoxy) is 2. The Morgan fingerprint density at radius 2 is 1.94 bits per heavy atom. The highest BCUT2D eigenvalue weighted by Gasteiger charge is 2.06. The molecular formula is C26H36IN5O2. The molecule has 0 saturated carbocycles. The van der Waals surface area contributed by atoms with Crippen molar-refractivity contribution in [1.29, 1.82) is 0 Å². The predicted molar refractivity (Wildman–Crippen MR) is 148 cm³/mol. The zero-order valence-electron chi connectivity index (χ0n) is 20.3. The summed E-state index contributed by atoms with van der Waals surface area (Å²) in [6.07, 6.45) is 6.46. The zero-order chi connectivity index (χ0) is 23.3. The van der Waals surface area contributed by atoms with Crippen molar-refractivity contribution < 1.29 is 9.47 Å². The van der Waals surface area contributed by atoms with Gasteiger partial charge in [0.2, 0.25) is 0 Å². The third-order valence-electron chi connectivity index (χ3n) is 5.10. The molecule has 0 saturated heterocycles. The fourth-order valence-electron chi connectivity index (χ4n) is 3.44. The summed E-state index contributed by atoms with van der Waals surface area (Å²) in [5.74, 6) is 1.69. The van der Waals surface area contributed by atoms with Crippen LogP contribution in [0.25, 0.3) is 0 Å². The Bertz CT molecular complexity index is 1010. The van der Waals surface area contributed by atoms with Crippen molar-refractivity contribution in [2.24, 2.45) is 4.99 Å². The van der Waals surface area contributed by atoms with Crippen molar-refractivity contribution in [2.75, 3.05) is 26.9 Å². The molecule has 0 amide bonds. The zero-order valence-corrected chi connectivity index (χ0v) is 22.6. The van der Waals surface area contributed by atoms with Crippen LogP contribution in [0.1, 0.15) is 35.6 Å². The maximum atomic E-state index is 6.01. The molecule has 3 aromatic rings. The number of aryl methyl sites for hydroxylation is 1. The average molecular weight is 578 g/mol. The fourth-order valence-corrected chi connectivity index (χ4v) is 3.44. The number of nitrogens with one attached hydrogen (secondary N) is 2. The number of rotatable bonds is 12. The van der Waals surface area contributed by atoms with Gasteiger partial charge in [0.05, 0.1) is 19.5 Å². The van der Waals surface area contributed by atoms with E-state index in [-0.39, 0.29) is 24.0 Å². The normalized spacial score (nSPS) is 11.1. The molecule has 0 aliphatic heterocycles. The molecule has 1 heterocycles. The number of guanidine groups is 1. The van der Waals surface area contributed by atoms with E-state index in [1.807, 2.05) is 12.5 Å². The first-order chi connectivity index (χ1) is 16.2. The maximum Gasteiger partial charge on any atom is 0.191 e. The van der Waals surface area contributed by atoms with Crippen molar-refractivity contribution in [1.82, 2.24) is 20.2 Å². The molecule has 7 nitrogen and oxygen atoms in total. The summed E-state index contributed by atoms with van der Waals surface area (Å²) in [6.45, 7) is 8.30. The molecule has 2 aromatic carbocycles. The van der Waals surface area contributed by atoms with E-state index in [0.29, 0.717) is 26.3 Å². The average Bonchev–Trinajstić information content (AvgIpc) is 3.33. The largest absolute Gasteiger partial charge is 0.493 e. The molecule has 34 heavy (non-hydrogen) atoms. The topological polar surface area (TPSA) is 72.7 Å². The van der Waals surface area contributed by atoms with Gasteiger partial charge < -0.3 is 24.7 Å². The van der Waals surface area contributed by atoms with Crippen molar-refractivity contribution in [2.45, 2.75) is 39.9 Å². The lowest BCUT2D eigenvalue weighted by atomic mass is 10.1. The number of aromatic nitrogens is 2. The molecule has 0 unspecified atom stereocenters. The van der Waals surface area contributed by atoms with Crippen LogP contribution >= 0.6 is 24.0 Å². The van der Waals surface area contributed by atoms with Crippen LogP contribution in [0.3, 0.4) is 0 Å². The van der Waals surface area contributed by atoms with Crippen LogP contribution in [-0.4, -0.2) is 42.4 Å². The van der Waals surface area contributed by atoms with Gasteiger partial charge in [-0.05, 0) is 36.6 Å². The van der Waals surface area contributed by atoms with Crippen LogP contribution in [0.15, 0.2) is 66.2 Å². The number of benzene rings is 2. The fraction of sp³-hybridized carbons (Fsp3) is 0.385. The molecule has 0 aliphatic rings. The summed E-state index contributed by atoms with van der Waals surface area (Å²) in [6, 6.07) is 14.8. The van der Waals surface area contributed by atoms with Gasteiger partial charge in [-0.3, -0.25) is 0 Å². The van der Waals surface area contributed by atoms with E-state index in [1.54, 1.807) is 13.3 Å². The summed E-state index contributed by atoms with van der Waals surface area (Å²) in [5, 5.41) is 6.78. The second-order valence-corrected chi connectivity index (χ2v) is 7.91. The monoisotopic (exact) mass is 577 g/mol. The van der Waals surface area contributed by atoms with E-state index in [0.717, 1.165) is 36.8 Å². The second kappa shape index (κ2) is 15.3. The van der Waals surface area contributed by atoms with E-state index >= 15 is 0 Å². The molecule has 184 valence electrons. The van der Waals surface area contributed by atoms with Gasteiger partial charge in [0.25, 0.3) is 0 Å². The van der Waals surface area contributed by atoms with Gasteiger partial charge >= 0.3 is 0 Å². The maximum absolute atomic E-state index is 6.01. The third-order valence-corrected chi connectivity index (χ3v) is 5.10. The quantitative estimate of drug-likeness (QED) is 0.143. The van der Waals surface area contributed by atoms with E-state index in [9.17, 15) is 0 Å². The van der Waals surface area contributed by atoms with Crippen molar-refractivity contribution in [3.8, 4) is 5.75 Å². The van der Waals surface area contributed by atoms with Crippen LogP contribution in [0.2, 0.25) is 0 Å². The summed E-state index contributed by atoms with van der Waals surface area (Å²) >= 11 is 0. The Morgan fingerprint density at radius 3 is 2.71 bits per heavy atom. The molecule has 0 bridgehead atoms. The Hall–Kier alpha value is -2.59. The number of imidazole rings is 1. The first-order valence-corrected chi connectivity index (χ1v) is 11.4. The van der Waals surface area contributed by atoms with Gasteiger partial charge in [0, 0.05) is 57.7 Å². The molecular weight excluding hydrogens is 541 g/mol. The van der Waals surface area contributed by atoms with Crippen molar-refractivity contribution in [3.63, 3.8) is 0 Å². The molecule has 8 heteroatoms. The number of methoxy groups -OCH3 is 1. The Kier molecular flexibility index (Phi) is 12.5. The highest BCUT2D eigenvalue weighted by Crippen LogP contribution is 2.20. The Labute approximate surface area is 220 Å². The predicted octanol–water partition coefficient (Wildman–Crippen LogP) is 4.53. The minimum absolute atomic E-state index is 0. The standard InChI is InChI=1S/C26H35N5O2.HI/c1-4-28-26(29-17-22-7-5-8-23(16-22)19-31-12-11-27-20-31)30-18-24-10-9-21(2)15-25(24)33-14-6-13-32-3;/h5,7-12,15-16,20H,4,6,13-14,17-19H2,1-3H3,(H2,28,29,30);1H. The Balaban J connectivity index is 0.00000408. The highest BCUT2D eigenvalue weighted by atomic mass is 127. The van der Waals surface area contributed by atoms with E-state index in [4.69, 9.17) is 14.5 Å². The van der Waals surface area contributed by atoms with Gasteiger partial charge in [-0.2, -0.15) is 0 Å². The summed E-state index contributed by atoms with van der Waals surface area (Å²) in [5.41, 5.74) is 4.68. The first-order valence-electron chi connectivity index (χ1n) is 11.4. The van der Waals surface area contributed by atoms with Gasteiger partial charge in [-0.1, -0.05) is 36.4 Å². The lowest BCUT2D eigenvalue weighted by Crippen LogP contribution is -2.36. The van der Waals surface area contributed by atoms with Crippen LogP contribution in [0.4, 0.5) is 0 Å². The van der Waals surface area contributed by atoms with Crippen LogP contribution in [0, 0.1) is 6.92 Å². The van der Waals surface area contributed by atoms with Gasteiger partial charge in [0.15, 0.2) is 5.96 Å².